The first-order chi connectivity index (χ1) is 10.2. The molecule has 0 spiro atoms. The number of hydrogen-bond donors (Lipinski definition) is 1. The fraction of sp³-hybridized carbons (Fsp3) is 0.533. The van der Waals surface area contributed by atoms with Crippen molar-refractivity contribution in [3.63, 3.8) is 0 Å². The monoisotopic (exact) mass is 390 g/mol. The molecule has 0 aliphatic rings. The van der Waals surface area contributed by atoms with Crippen LogP contribution in [0.25, 0.3) is 0 Å². The van der Waals surface area contributed by atoms with Crippen LogP contribution in [0, 0.1) is 5.92 Å². The van der Waals surface area contributed by atoms with E-state index >= 15 is 0 Å². The van der Waals surface area contributed by atoms with E-state index in [-0.39, 0.29) is 18.9 Å². The van der Waals surface area contributed by atoms with Gasteiger partial charge in [0.05, 0.1) is 11.9 Å². The van der Waals surface area contributed by atoms with Crippen molar-refractivity contribution in [3.8, 4) is 0 Å². The Morgan fingerprint density at radius 2 is 1.86 bits per heavy atom. The Morgan fingerprint density at radius 3 is 2.36 bits per heavy atom. The van der Waals surface area contributed by atoms with Crippen LogP contribution in [-0.2, 0) is 14.8 Å². The summed E-state index contributed by atoms with van der Waals surface area (Å²) in [6.45, 7) is 4.93. The van der Waals surface area contributed by atoms with E-state index in [0.717, 1.165) is 17.1 Å². The number of anilines is 1. The third-order valence-electron chi connectivity index (χ3n) is 3.10. The topological polar surface area (TPSA) is 66.5 Å². The summed E-state index contributed by atoms with van der Waals surface area (Å²) in [5.41, 5.74) is 0.556. The Balaban J connectivity index is 2.64. The summed E-state index contributed by atoms with van der Waals surface area (Å²) >= 11 is 3.32. The summed E-state index contributed by atoms with van der Waals surface area (Å²) in [7, 11) is -3.42. The Hall–Kier alpha value is -1.08. The van der Waals surface area contributed by atoms with Gasteiger partial charge in [0.1, 0.15) is 0 Å². The van der Waals surface area contributed by atoms with Crippen LogP contribution in [0.15, 0.2) is 28.7 Å². The van der Waals surface area contributed by atoms with Gasteiger partial charge in [-0.3, -0.25) is 9.10 Å². The average molecular weight is 391 g/mol. The zero-order valence-corrected chi connectivity index (χ0v) is 15.6. The van der Waals surface area contributed by atoms with Crippen LogP contribution >= 0.6 is 15.9 Å². The number of sulfonamides is 1. The van der Waals surface area contributed by atoms with Gasteiger partial charge in [-0.15, -0.1) is 0 Å². The number of rotatable bonds is 8. The number of carbonyl (C=O) groups excluding carboxylic acids is 1. The molecule has 1 N–H and O–H groups in total. The Labute approximate surface area is 141 Å². The first kappa shape index (κ1) is 19.0. The number of amides is 1. The molecule has 0 bridgehead atoms. The van der Waals surface area contributed by atoms with Gasteiger partial charge in [-0.25, -0.2) is 8.42 Å². The molecule has 0 unspecified atom stereocenters. The van der Waals surface area contributed by atoms with E-state index in [0.29, 0.717) is 18.2 Å². The van der Waals surface area contributed by atoms with Crippen LogP contribution in [0.2, 0.25) is 0 Å². The van der Waals surface area contributed by atoms with E-state index in [1.165, 1.54) is 4.31 Å². The molecule has 22 heavy (non-hydrogen) atoms. The first-order valence-corrected chi connectivity index (χ1v) is 9.84. The number of halogens is 1. The molecule has 0 radical (unpaired) electrons. The minimum Gasteiger partial charge on any atom is -0.356 e. The van der Waals surface area contributed by atoms with Crippen molar-refractivity contribution in [2.45, 2.75) is 26.7 Å². The highest BCUT2D eigenvalue weighted by Gasteiger charge is 2.18. The maximum atomic E-state index is 11.9. The molecule has 1 rings (SSSR count). The zero-order valence-electron chi connectivity index (χ0n) is 13.2. The second-order valence-corrected chi connectivity index (χ2v) is 8.42. The second kappa shape index (κ2) is 8.53. The maximum Gasteiger partial charge on any atom is 0.232 e. The number of nitrogens with one attached hydrogen (secondary N) is 1. The first-order valence-electron chi connectivity index (χ1n) is 7.20. The number of carbonyl (C=O) groups is 1. The summed E-state index contributed by atoms with van der Waals surface area (Å²) in [5, 5.41) is 2.81. The van der Waals surface area contributed by atoms with E-state index in [1.807, 2.05) is 0 Å². The van der Waals surface area contributed by atoms with Gasteiger partial charge in [0.25, 0.3) is 0 Å². The smallest absolute Gasteiger partial charge is 0.232 e. The lowest BCUT2D eigenvalue weighted by molar-refractivity contribution is -0.120. The average Bonchev–Trinajstić information content (AvgIpc) is 2.39. The molecule has 1 aromatic carbocycles. The zero-order chi connectivity index (χ0) is 16.8. The van der Waals surface area contributed by atoms with Crippen molar-refractivity contribution in [1.82, 2.24) is 5.32 Å². The molecule has 0 aliphatic carbocycles. The molecule has 0 aromatic heterocycles. The number of hydrogen-bond acceptors (Lipinski definition) is 3. The Bertz CT molecular complexity index is 585. The van der Waals surface area contributed by atoms with Crippen molar-refractivity contribution in [3.05, 3.63) is 28.7 Å². The third kappa shape index (κ3) is 6.79. The Kier molecular flexibility index (Phi) is 7.35. The molecular weight excluding hydrogens is 368 g/mol. The minimum absolute atomic E-state index is 0.133. The highest BCUT2D eigenvalue weighted by molar-refractivity contribution is 9.10. The normalized spacial score (nSPS) is 11.5. The molecule has 0 atom stereocenters. The van der Waals surface area contributed by atoms with Gasteiger partial charge in [-0.05, 0) is 36.6 Å². The fourth-order valence-corrected chi connectivity index (χ4v) is 3.08. The SMILES string of the molecule is CC(C)CCNC(=O)CCN(c1ccc(Br)cc1)S(C)(=O)=O. The van der Waals surface area contributed by atoms with E-state index in [4.69, 9.17) is 0 Å². The van der Waals surface area contributed by atoms with Gasteiger partial charge in [-0.1, -0.05) is 29.8 Å². The van der Waals surface area contributed by atoms with Gasteiger partial charge < -0.3 is 5.32 Å². The molecule has 0 saturated heterocycles. The van der Waals surface area contributed by atoms with E-state index in [1.54, 1.807) is 24.3 Å². The van der Waals surface area contributed by atoms with Crippen LogP contribution < -0.4 is 9.62 Å². The lowest BCUT2D eigenvalue weighted by Gasteiger charge is -2.22. The molecular formula is C15H23BrN2O3S. The molecule has 5 nitrogen and oxygen atoms in total. The number of nitrogens with zero attached hydrogens (tertiary/aromatic N) is 1. The minimum atomic E-state index is -3.42. The van der Waals surface area contributed by atoms with Crippen molar-refractivity contribution >= 4 is 37.5 Å². The predicted molar refractivity (Wildman–Crippen MR) is 93.4 cm³/mol. The lowest BCUT2D eigenvalue weighted by Crippen LogP contribution is -2.35. The summed E-state index contributed by atoms with van der Waals surface area (Å²) in [4.78, 5) is 11.8. The van der Waals surface area contributed by atoms with Crippen LogP contribution in [0.3, 0.4) is 0 Å². The summed E-state index contributed by atoms with van der Waals surface area (Å²) in [6, 6.07) is 6.97. The van der Waals surface area contributed by atoms with Crippen LogP contribution in [0.5, 0.6) is 0 Å². The predicted octanol–water partition coefficient (Wildman–Crippen LogP) is 2.77. The van der Waals surface area contributed by atoms with Crippen LogP contribution in [0.1, 0.15) is 26.7 Å². The highest BCUT2D eigenvalue weighted by atomic mass is 79.9. The molecule has 1 aromatic rings. The van der Waals surface area contributed by atoms with Crippen molar-refractivity contribution < 1.29 is 13.2 Å². The molecule has 0 aliphatic heterocycles. The summed E-state index contributed by atoms with van der Waals surface area (Å²) in [6.07, 6.45) is 2.20. The summed E-state index contributed by atoms with van der Waals surface area (Å²) in [5.74, 6) is 0.391. The van der Waals surface area contributed by atoms with Crippen molar-refractivity contribution in [2.75, 3.05) is 23.7 Å². The van der Waals surface area contributed by atoms with Gasteiger partial charge in [0, 0.05) is 24.0 Å². The summed E-state index contributed by atoms with van der Waals surface area (Å²) < 4.78 is 26.0. The van der Waals surface area contributed by atoms with Crippen LogP contribution in [0.4, 0.5) is 5.69 Å². The van der Waals surface area contributed by atoms with Crippen molar-refractivity contribution in [2.24, 2.45) is 5.92 Å². The molecule has 7 heteroatoms. The van der Waals surface area contributed by atoms with Gasteiger partial charge in [0.15, 0.2) is 0 Å². The largest absolute Gasteiger partial charge is 0.356 e. The Morgan fingerprint density at radius 1 is 1.27 bits per heavy atom. The van der Waals surface area contributed by atoms with E-state index in [9.17, 15) is 13.2 Å². The van der Waals surface area contributed by atoms with Gasteiger partial charge in [-0.2, -0.15) is 0 Å². The molecule has 0 heterocycles. The third-order valence-corrected chi connectivity index (χ3v) is 4.82. The van der Waals surface area contributed by atoms with E-state index in [2.05, 4.69) is 35.1 Å². The quantitative estimate of drug-likeness (QED) is 0.741. The lowest BCUT2D eigenvalue weighted by atomic mass is 10.1. The van der Waals surface area contributed by atoms with Gasteiger partial charge in [0.2, 0.25) is 15.9 Å². The fourth-order valence-electron chi connectivity index (χ4n) is 1.89. The standard InChI is InChI=1S/C15H23BrN2O3S/c1-12(2)8-10-17-15(19)9-11-18(22(3,20)21)14-6-4-13(16)5-7-14/h4-7,12H,8-11H2,1-3H3,(H,17,19). The van der Waals surface area contributed by atoms with Crippen LogP contribution in [-0.4, -0.2) is 33.7 Å². The molecule has 0 saturated carbocycles. The number of benzene rings is 1. The van der Waals surface area contributed by atoms with E-state index < -0.39 is 10.0 Å². The second-order valence-electron chi connectivity index (χ2n) is 5.59. The molecule has 1 amide bonds. The highest BCUT2D eigenvalue weighted by Crippen LogP contribution is 2.20. The maximum absolute atomic E-state index is 11.9. The van der Waals surface area contributed by atoms with Crippen molar-refractivity contribution in [1.29, 1.82) is 0 Å². The van der Waals surface area contributed by atoms with Gasteiger partial charge >= 0.3 is 0 Å². The molecule has 0 fully saturated rings. The molecule has 124 valence electrons.